The van der Waals surface area contributed by atoms with Gasteiger partial charge in [0.1, 0.15) is 5.28 Å². The van der Waals surface area contributed by atoms with E-state index >= 15 is 0 Å². The summed E-state index contributed by atoms with van der Waals surface area (Å²) >= 11 is 0. The Balaban J connectivity index is 2.85. The van der Waals surface area contributed by atoms with Gasteiger partial charge in [-0.25, -0.2) is 0 Å². The number of hydrogen-bond donors (Lipinski definition) is 3. The molecular formula is C9H14NO3P. The molecule has 14 heavy (non-hydrogen) atoms. The first-order valence-electron chi connectivity index (χ1n) is 4.21. The van der Waals surface area contributed by atoms with E-state index < -0.39 is 12.9 Å². The molecule has 1 unspecified atom stereocenters. The van der Waals surface area contributed by atoms with E-state index in [0.29, 0.717) is 0 Å². The summed E-state index contributed by atoms with van der Waals surface area (Å²) < 4.78 is 11.0. The van der Waals surface area contributed by atoms with Crippen LogP contribution in [0.2, 0.25) is 0 Å². The van der Waals surface area contributed by atoms with E-state index in [-0.39, 0.29) is 6.42 Å². The highest BCUT2D eigenvalue weighted by molar-refractivity contribution is 7.53. The lowest BCUT2D eigenvalue weighted by atomic mass is 10.1. The first kappa shape index (κ1) is 11.4. The molecule has 1 aromatic rings. The fourth-order valence-corrected chi connectivity index (χ4v) is 1.50. The molecular weight excluding hydrogens is 201 g/mol. The summed E-state index contributed by atoms with van der Waals surface area (Å²) in [6, 6.07) is 9.05. The van der Waals surface area contributed by atoms with E-state index in [1.54, 1.807) is 12.1 Å². The van der Waals surface area contributed by atoms with Gasteiger partial charge in [-0.3, -0.25) is 4.57 Å². The molecule has 0 saturated carbocycles. The van der Waals surface area contributed by atoms with Crippen LogP contribution in [0.4, 0.5) is 0 Å². The number of benzene rings is 1. The molecule has 1 rings (SSSR count). The summed E-state index contributed by atoms with van der Waals surface area (Å²) in [5.41, 5.74) is 6.38. The van der Waals surface area contributed by atoms with Gasteiger partial charge in [0.2, 0.25) is 0 Å². The minimum atomic E-state index is -4.26. The molecule has 0 aromatic heterocycles. The molecule has 4 N–H and O–H groups in total. The van der Waals surface area contributed by atoms with Crippen molar-refractivity contribution < 1.29 is 14.4 Å². The van der Waals surface area contributed by atoms with Crippen LogP contribution in [0.3, 0.4) is 0 Å². The van der Waals surface area contributed by atoms with Crippen molar-refractivity contribution in [2.24, 2.45) is 5.73 Å². The molecule has 0 aliphatic rings. The standard InChI is InChI=1S/C9H14NO3P/c1-9(10,14(11,12)13)7-8-5-3-2-4-6-8/h2-6H,7,10H2,1H3,(H2,11,12,13). The normalized spacial score (nSPS) is 16.3. The zero-order valence-corrected chi connectivity index (χ0v) is 8.82. The van der Waals surface area contributed by atoms with Gasteiger partial charge in [0.15, 0.2) is 0 Å². The summed E-state index contributed by atoms with van der Waals surface area (Å²) in [5, 5.41) is -1.49. The van der Waals surface area contributed by atoms with Crippen LogP contribution >= 0.6 is 7.60 Å². The average molecular weight is 215 g/mol. The van der Waals surface area contributed by atoms with E-state index in [4.69, 9.17) is 15.5 Å². The highest BCUT2D eigenvalue weighted by atomic mass is 31.2. The fourth-order valence-electron chi connectivity index (χ4n) is 1.11. The molecule has 0 bridgehead atoms. The molecule has 0 aliphatic carbocycles. The van der Waals surface area contributed by atoms with Crippen LogP contribution in [0.25, 0.3) is 0 Å². The molecule has 0 fully saturated rings. The zero-order valence-electron chi connectivity index (χ0n) is 7.92. The van der Waals surface area contributed by atoms with Crippen LogP contribution in [-0.2, 0) is 11.0 Å². The summed E-state index contributed by atoms with van der Waals surface area (Å²) in [6.07, 6.45) is 0.165. The lowest BCUT2D eigenvalue weighted by molar-refractivity contribution is 0.330. The number of rotatable bonds is 3. The van der Waals surface area contributed by atoms with E-state index in [1.807, 2.05) is 18.2 Å². The molecule has 78 valence electrons. The monoisotopic (exact) mass is 215 g/mol. The molecule has 0 amide bonds. The summed E-state index contributed by atoms with van der Waals surface area (Å²) in [6.45, 7) is 1.36. The minimum absolute atomic E-state index is 0.165. The zero-order chi connectivity index (χ0) is 10.8. The van der Waals surface area contributed by atoms with Crippen molar-refractivity contribution in [1.82, 2.24) is 0 Å². The van der Waals surface area contributed by atoms with Gasteiger partial charge in [-0.15, -0.1) is 0 Å². The average Bonchev–Trinajstić information content (AvgIpc) is 2.03. The van der Waals surface area contributed by atoms with E-state index in [2.05, 4.69) is 0 Å². The fraction of sp³-hybridized carbons (Fsp3) is 0.333. The second-order valence-electron chi connectivity index (χ2n) is 3.56. The van der Waals surface area contributed by atoms with Gasteiger partial charge in [0.05, 0.1) is 0 Å². The van der Waals surface area contributed by atoms with Crippen molar-refractivity contribution in [3.05, 3.63) is 35.9 Å². The van der Waals surface area contributed by atoms with Crippen LogP contribution in [0.5, 0.6) is 0 Å². The minimum Gasteiger partial charge on any atom is -0.323 e. The number of hydrogen-bond acceptors (Lipinski definition) is 2. The number of nitrogens with two attached hydrogens (primary N) is 1. The Labute approximate surface area is 82.9 Å². The molecule has 0 radical (unpaired) electrons. The van der Waals surface area contributed by atoms with Crippen LogP contribution in [0.1, 0.15) is 12.5 Å². The van der Waals surface area contributed by atoms with Crippen molar-refractivity contribution in [3.8, 4) is 0 Å². The highest BCUT2D eigenvalue weighted by Crippen LogP contribution is 2.48. The third-order valence-corrected chi connectivity index (χ3v) is 3.56. The molecule has 1 aromatic carbocycles. The van der Waals surface area contributed by atoms with Crippen LogP contribution in [0.15, 0.2) is 30.3 Å². The predicted molar refractivity (Wildman–Crippen MR) is 54.8 cm³/mol. The molecule has 0 saturated heterocycles. The van der Waals surface area contributed by atoms with Crippen LogP contribution in [0, 0.1) is 0 Å². The Morgan fingerprint density at radius 3 is 2.29 bits per heavy atom. The molecule has 0 aliphatic heterocycles. The maximum atomic E-state index is 11.0. The largest absolute Gasteiger partial charge is 0.345 e. The predicted octanol–water partition coefficient (Wildman–Crippen LogP) is 1.08. The Morgan fingerprint density at radius 1 is 1.36 bits per heavy atom. The molecule has 1 atom stereocenters. The summed E-state index contributed by atoms with van der Waals surface area (Å²) in [5.74, 6) is 0. The lowest BCUT2D eigenvalue weighted by Crippen LogP contribution is -2.38. The van der Waals surface area contributed by atoms with Crippen molar-refractivity contribution in [2.45, 2.75) is 18.6 Å². The molecule has 0 heterocycles. The van der Waals surface area contributed by atoms with Crippen LogP contribution < -0.4 is 5.73 Å². The Hall–Kier alpha value is -0.670. The Morgan fingerprint density at radius 2 is 1.86 bits per heavy atom. The first-order chi connectivity index (χ1) is 6.33. The third kappa shape index (κ3) is 2.66. The smallest absolute Gasteiger partial charge is 0.323 e. The van der Waals surface area contributed by atoms with Crippen molar-refractivity contribution in [2.75, 3.05) is 0 Å². The van der Waals surface area contributed by atoms with E-state index in [9.17, 15) is 4.57 Å². The molecule has 4 nitrogen and oxygen atoms in total. The van der Waals surface area contributed by atoms with Gasteiger partial charge in [0, 0.05) is 6.42 Å². The van der Waals surface area contributed by atoms with Gasteiger partial charge in [-0.2, -0.15) is 0 Å². The van der Waals surface area contributed by atoms with Gasteiger partial charge in [-0.05, 0) is 12.5 Å². The van der Waals surface area contributed by atoms with E-state index in [0.717, 1.165) is 5.56 Å². The quantitative estimate of drug-likeness (QED) is 0.659. The summed E-state index contributed by atoms with van der Waals surface area (Å²) in [7, 11) is -4.26. The van der Waals surface area contributed by atoms with Crippen molar-refractivity contribution in [3.63, 3.8) is 0 Å². The molecule has 5 heteroatoms. The lowest BCUT2D eigenvalue weighted by Gasteiger charge is -2.25. The van der Waals surface area contributed by atoms with Gasteiger partial charge in [-0.1, -0.05) is 30.3 Å². The first-order valence-corrected chi connectivity index (χ1v) is 5.83. The van der Waals surface area contributed by atoms with Gasteiger partial charge < -0.3 is 15.5 Å². The maximum absolute atomic E-state index is 11.0. The highest BCUT2D eigenvalue weighted by Gasteiger charge is 2.38. The summed E-state index contributed by atoms with van der Waals surface area (Å²) in [4.78, 5) is 18.0. The third-order valence-electron chi connectivity index (χ3n) is 2.07. The van der Waals surface area contributed by atoms with Gasteiger partial charge >= 0.3 is 7.60 Å². The Bertz CT molecular complexity index is 344. The second-order valence-corrected chi connectivity index (χ2v) is 5.67. The van der Waals surface area contributed by atoms with Gasteiger partial charge in [0.25, 0.3) is 0 Å². The van der Waals surface area contributed by atoms with Crippen molar-refractivity contribution >= 4 is 7.60 Å². The van der Waals surface area contributed by atoms with Crippen LogP contribution in [-0.4, -0.2) is 15.1 Å². The van der Waals surface area contributed by atoms with Crippen molar-refractivity contribution in [1.29, 1.82) is 0 Å². The van der Waals surface area contributed by atoms with E-state index in [1.165, 1.54) is 6.92 Å². The second kappa shape index (κ2) is 3.83. The maximum Gasteiger partial charge on any atom is 0.345 e. The Kier molecular flexibility index (Phi) is 3.12. The topological polar surface area (TPSA) is 83.6 Å². The molecule has 0 spiro atoms. The SMILES string of the molecule is CC(N)(Cc1ccccc1)P(=O)(O)O.